The van der Waals surface area contributed by atoms with Crippen LogP contribution in [0.3, 0.4) is 0 Å². The Morgan fingerprint density at radius 2 is 1.70 bits per heavy atom. The van der Waals surface area contributed by atoms with Crippen molar-refractivity contribution in [2.24, 2.45) is 0 Å². The summed E-state index contributed by atoms with van der Waals surface area (Å²) in [6.07, 6.45) is 0.940. The van der Waals surface area contributed by atoms with Gasteiger partial charge in [-0.05, 0) is 43.5 Å². The number of carbonyl (C=O) groups is 2. The number of thiophene rings is 1. The van der Waals surface area contributed by atoms with E-state index < -0.39 is 5.97 Å². The van der Waals surface area contributed by atoms with E-state index in [9.17, 15) is 9.59 Å². The van der Waals surface area contributed by atoms with Crippen LogP contribution in [-0.4, -0.2) is 25.1 Å². The maximum atomic E-state index is 12.9. The normalized spacial score (nSPS) is 10.5. The van der Waals surface area contributed by atoms with E-state index in [2.05, 4.69) is 12.2 Å². The SMILES string of the molecule is CCOC(=O)c1c(-c2ccc(CC)cc2)csc1NC(=O)c1ccccc1OCC. The smallest absolute Gasteiger partial charge is 0.341 e. The van der Waals surface area contributed by atoms with Crippen molar-refractivity contribution in [2.45, 2.75) is 27.2 Å². The van der Waals surface area contributed by atoms with Crippen molar-refractivity contribution in [1.29, 1.82) is 0 Å². The summed E-state index contributed by atoms with van der Waals surface area (Å²) < 4.78 is 10.8. The van der Waals surface area contributed by atoms with E-state index in [4.69, 9.17) is 9.47 Å². The number of hydrogen-bond donors (Lipinski definition) is 1. The van der Waals surface area contributed by atoms with Gasteiger partial charge >= 0.3 is 5.97 Å². The third kappa shape index (κ3) is 4.71. The van der Waals surface area contributed by atoms with E-state index in [-0.39, 0.29) is 12.5 Å². The van der Waals surface area contributed by atoms with Crippen LogP contribution in [0.1, 0.15) is 47.1 Å². The number of benzene rings is 2. The molecule has 0 atom stereocenters. The molecule has 0 fully saturated rings. The number of nitrogens with one attached hydrogen (secondary N) is 1. The Morgan fingerprint density at radius 1 is 0.967 bits per heavy atom. The van der Waals surface area contributed by atoms with Crippen LogP contribution in [0.4, 0.5) is 5.00 Å². The van der Waals surface area contributed by atoms with Crippen molar-refractivity contribution < 1.29 is 19.1 Å². The fraction of sp³-hybridized carbons (Fsp3) is 0.250. The Kier molecular flexibility index (Phi) is 7.25. The topological polar surface area (TPSA) is 64.6 Å². The van der Waals surface area contributed by atoms with Gasteiger partial charge in [0.05, 0.1) is 18.8 Å². The fourth-order valence-electron chi connectivity index (χ4n) is 3.09. The van der Waals surface area contributed by atoms with E-state index >= 15 is 0 Å². The van der Waals surface area contributed by atoms with Crippen LogP contribution in [0.25, 0.3) is 11.1 Å². The molecule has 0 bridgehead atoms. The summed E-state index contributed by atoms with van der Waals surface area (Å²) >= 11 is 1.30. The minimum absolute atomic E-state index is 0.253. The van der Waals surface area contributed by atoms with Gasteiger partial charge in [0, 0.05) is 10.9 Å². The summed E-state index contributed by atoms with van der Waals surface area (Å²) in [7, 11) is 0. The van der Waals surface area contributed by atoms with Crippen molar-refractivity contribution >= 4 is 28.2 Å². The first-order valence-corrected chi connectivity index (χ1v) is 10.9. The second-order valence-corrected chi connectivity index (χ2v) is 7.39. The summed E-state index contributed by atoms with van der Waals surface area (Å²) in [4.78, 5) is 25.7. The van der Waals surface area contributed by atoms with Crippen molar-refractivity contribution in [3.8, 4) is 16.9 Å². The number of para-hydroxylation sites is 1. The molecule has 1 aromatic heterocycles. The van der Waals surface area contributed by atoms with Gasteiger partial charge in [-0.2, -0.15) is 0 Å². The van der Waals surface area contributed by atoms with Crippen molar-refractivity contribution in [1.82, 2.24) is 0 Å². The van der Waals surface area contributed by atoms with Crippen molar-refractivity contribution in [3.05, 3.63) is 70.6 Å². The van der Waals surface area contributed by atoms with Crippen LogP contribution in [0.5, 0.6) is 5.75 Å². The molecule has 1 N–H and O–H groups in total. The lowest BCUT2D eigenvalue weighted by atomic mass is 10.0. The minimum Gasteiger partial charge on any atom is -0.493 e. The van der Waals surface area contributed by atoms with Crippen LogP contribution in [0.15, 0.2) is 53.9 Å². The minimum atomic E-state index is -0.457. The van der Waals surface area contributed by atoms with Crippen molar-refractivity contribution in [2.75, 3.05) is 18.5 Å². The lowest BCUT2D eigenvalue weighted by molar-refractivity contribution is 0.0529. The highest BCUT2D eigenvalue weighted by atomic mass is 32.1. The second kappa shape index (κ2) is 10.1. The van der Waals surface area contributed by atoms with Gasteiger partial charge in [0.1, 0.15) is 16.3 Å². The number of anilines is 1. The zero-order valence-corrected chi connectivity index (χ0v) is 18.2. The first-order chi connectivity index (χ1) is 14.6. The maximum Gasteiger partial charge on any atom is 0.341 e. The molecule has 156 valence electrons. The van der Waals surface area contributed by atoms with E-state index in [0.29, 0.717) is 28.5 Å². The molecule has 0 aliphatic heterocycles. The van der Waals surface area contributed by atoms with E-state index in [1.807, 2.05) is 42.6 Å². The predicted molar refractivity (Wildman–Crippen MR) is 121 cm³/mol. The predicted octanol–water partition coefficient (Wildman–Crippen LogP) is 5.81. The number of esters is 1. The molecule has 0 aliphatic rings. The van der Waals surface area contributed by atoms with Gasteiger partial charge < -0.3 is 14.8 Å². The summed E-state index contributed by atoms with van der Waals surface area (Å²) in [6, 6.07) is 15.1. The van der Waals surface area contributed by atoms with Gasteiger partial charge in [-0.3, -0.25) is 4.79 Å². The summed E-state index contributed by atoms with van der Waals surface area (Å²) in [5, 5.41) is 5.21. The Labute approximate surface area is 180 Å². The van der Waals surface area contributed by atoms with E-state index in [1.54, 1.807) is 25.1 Å². The van der Waals surface area contributed by atoms with Gasteiger partial charge in [-0.15, -0.1) is 11.3 Å². The molecule has 0 saturated heterocycles. The van der Waals surface area contributed by atoms with Gasteiger partial charge in [0.15, 0.2) is 0 Å². The zero-order valence-electron chi connectivity index (χ0n) is 17.4. The second-order valence-electron chi connectivity index (χ2n) is 6.51. The number of carbonyl (C=O) groups excluding carboxylic acids is 2. The van der Waals surface area contributed by atoms with Gasteiger partial charge in [0.25, 0.3) is 5.91 Å². The largest absolute Gasteiger partial charge is 0.493 e. The third-order valence-electron chi connectivity index (χ3n) is 4.60. The summed E-state index contributed by atoms with van der Waals surface area (Å²) in [5.41, 5.74) is 3.65. The van der Waals surface area contributed by atoms with Crippen LogP contribution < -0.4 is 10.1 Å². The zero-order chi connectivity index (χ0) is 21.5. The number of rotatable bonds is 8. The Hall–Kier alpha value is -3.12. The Morgan fingerprint density at radius 3 is 2.37 bits per heavy atom. The highest BCUT2D eigenvalue weighted by Gasteiger charge is 2.24. The molecule has 1 amide bonds. The molecule has 3 aromatic rings. The molecular weight excluding hydrogens is 398 g/mol. The van der Waals surface area contributed by atoms with Crippen LogP contribution in [0.2, 0.25) is 0 Å². The lowest BCUT2D eigenvalue weighted by Gasteiger charge is -2.11. The molecular formula is C24H25NO4S. The van der Waals surface area contributed by atoms with Crippen molar-refractivity contribution in [3.63, 3.8) is 0 Å². The average molecular weight is 424 g/mol. The molecule has 0 aliphatic carbocycles. The monoisotopic (exact) mass is 423 g/mol. The summed E-state index contributed by atoms with van der Waals surface area (Å²) in [5.74, 6) is -0.289. The van der Waals surface area contributed by atoms with Crippen LogP contribution in [-0.2, 0) is 11.2 Å². The lowest BCUT2D eigenvalue weighted by Crippen LogP contribution is -2.16. The quantitative estimate of drug-likeness (QED) is 0.465. The molecule has 3 rings (SSSR count). The van der Waals surface area contributed by atoms with E-state index in [1.165, 1.54) is 16.9 Å². The molecule has 5 nitrogen and oxygen atoms in total. The van der Waals surface area contributed by atoms with E-state index in [0.717, 1.165) is 17.5 Å². The van der Waals surface area contributed by atoms with Gasteiger partial charge in [-0.1, -0.05) is 43.3 Å². The third-order valence-corrected chi connectivity index (χ3v) is 5.50. The number of ether oxygens (including phenoxy) is 2. The molecule has 0 unspecified atom stereocenters. The van der Waals surface area contributed by atoms with Gasteiger partial charge in [-0.25, -0.2) is 4.79 Å². The molecule has 1 heterocycles. The first-order valence-electron chi connectivity index (χ1n) is 10.00. The Balaban J connectivity index is 1.97. The molecule has 2 aromatic carbocycles. The highest BCUT2D eigenvalue weighted by Crippen LogP contribution is 2.37. The maximum absolute atomic E-state index is 12.9. The molecule has 0 radical (unpaired) electrons. The molecule has 6 heteroatoms. The Bertz CT molecular complexity index is 1020. The highest BCUT2D eigenvalue weighted by molar-refractivity contribution is 7.15. The van der Waals surface area contributed by atoms with Crippen LogP contribution in [0, 0.1) is 0 Å². The molecule has 0 saturated carbocycles. The summed E-state index contributed by atoms with van der Waals surface area (Å²) in [6.45, 7) is 6.43. The number of hydrogen-bond acceptors (Lipinski definition) is 5. The standard InChI is InChI=1S/C24H25NO4S/c1-4-16-11-13-17(14-12-16)19-15-30-23(21(19)24(27)29-6-3)25-22(26)18-9-7-8-10-20(18)28-5-2/h7-15H,4-6H2,1-3H3,(H,25,26). The molecule has 30 heavy (non-hydrogen) atoms. The van der Waals surface area contributed by atoms with Crippen LogP contribution >= 0.6 is 11.3 Å². The average Bonchev–Trinajstić information content (AvgIpc) is 3.18. The molecule has 0 spiro atoms. The fourth-order valence-corrected chi connectivity index (χ4v) is 4.05. The number of aryl methyl sites for hydroxylation is 1. The number of amides is 1. The first kappa shape index (κ1) is 21.6. The van der Waals surface area contributed by atoms with Gasteiger partial charge in [0.2, 0.25) is 0 Å².